The first-order chi connectivity index (χ1) is 13.0. The topological polar surface area (TPSA) is 186 Å². The molecule has 2 unspecified atom stereocenters. The van der Waals surface area contributed by atoms with E-state index >= 15 is 4.39 Å². The molecule has 0 aliphatic carbocycles. The van der Waals surface area contributed by atoms with E-state index in [9.17, 15) is 40.2 Å². The Bertz CT molecular complexity index is 702. The largest absolute Gasteiger partial charge is 0.432 e. The van der Waals surface area contributed by atoms with Crippen LogP contribution in [0.5, 0.6) is 0 Å². The number of carbonyl (C=O) groups is 2. The van der Waals surface area contributed by atoms with Crippen LogP contribution in [0.1, 0.15) is 6.92 Å². The Morgan fingerprint density at radius 2 is 1.75 bits per heavy atom. The molecule has 2 fully saturated rings. The number of nitrogens with one attached hydrogen (secondary N) is 1. The normalized spacial score (nSPS) is 49.3. The molecule has 158 valence electrons. The Hall–Kier alpha value is -1.55. The smallest absolute Gasteiger partial charge is 0.394 e. The third kappa shape index (κ3) is 2.79. The zero-order chi connectivity index (χ0) is 21.0. The van der Waals surface area contributed by atoms with Gasteiger partial charge >= 0.3 is 11.9 Å². The van der Waals surface area contributed by atoms with E-state index in [0.29, 0.717) is 0 Å². The van der Waals surface area contributed by atoms with Crippen LogP contribution in [0.4, 0.5) is 9.18 Å². The van der Waals surface area contributed by atoms with Crippen molar-refractivity contribution < 1.29 is 58.6 Å². The molecule has 13 heteroatoms. The van der Waals surface area contributed by atoms with Crippen LogP contribution in [0.25, 0.3) is 0 Å². The van der Waals surface area contributed by atoms with Crippen LogP contribution in [-0.4, -0.2) is 109 Å². The lowest BCUT2D eigenvalue weighted by molar-refractivity contribution is -0.911. The molecule has 3 amide bonds. The number of halogens is 1. The predicted molar refractivity (Wildman–Crippen MR) is 83.1 cm³/mol. The first-order valence-corrected chi connectivity index (χ1v) is 8.43. The fourth-order valence-corrected chi connectivity index (χ4v) is 3.75. The lowest BCUT2D eigenvalue weighted by Crippen LogP contribution is -2.74. The van der Waals surface area contributed by atoms with Crippen LogP contribution in [0, 0.1) is 0 Å². The number of aliphatic hydroxyl groups excluding tert-OH is 5. The highest BCUT2D eigenvalue weighted by Crippen LogP contribution is 2.44. The van der Waals surface area contributed by atoms with Gasteiger partial charge in [-0.1, -0.05) is 0 Å². The van der Waals surface area contributed by atoms with Crippen molar-refractivity contribution in [2.45, 2.75) is 55.8 Å². The van der Waals surface area contributed by atoms with Crippen LogP contribution >= 0.6 is 0 Å². The number of carbonyl (C=O) groups excluding carboxylic acids is 2. The molecule has 9 atom stereocenters. The predicted octanol–water partition coefficient (Wildman–Crippen LogP) is -3.87. The average Bonchev–Trinajstić information content (AvgIpc) is 3.06. The summed E-state index contributed by atoms with van der Waals surface area (Å²) in [5, 5.41) is 61.1. The summed E-state index contributed by atoms with van der Waals surface area (Å²) in [4.78, 5) is 24.7. The van der Waals surface area contributed by atoms with Gasteiger partial charge in [0.25, 0.3) is 12.1 Å². The second-order valence-corrected chi connectivity index (χ2v) is 7.02. The minimum atomic E-state index is -3.62. The zero-order valence-corrected chi connectivity index (χ0v) is 14.7. The number of imide groups is 1. The first kappa shape index (κ1) is 21.2. The molecule has 0 spiro atoms. The number of aliphatic hydroxyl groups is 6. The fourth-order valence-electron chi connectivity index (χ4n) is 3.75. The Balaban J connectivity index is 2.18. The maximum atomic E-state index is 15.1. The number of nitrogens with zero attached hydrogens (tertiary/aromatic N) is 1. The van der Waals surface area contributed by atoms with Gasteiger partial charge in [0.1, 0.15) is 24.5 Å². The van der Waals surface area contributed by atoms with E-state index in [2.05, 4.69) is 0 Å². The van der Waals surface area contributed by atoms with Gasteiger partial charge in [0, 0.05) is 0 Å². The SMILES string of the molecule is CC1=C[N+](C2O[C@H](CO)[C@@H](O)[C@@H]2O)([C@@H]2O[C@H](CO)[C@@H](O)[C@]2(O)F)C(=O)NC1=O. The maximum Gasteiger partial charge on any atom is 0.432 e. The first-order valence-electron chi connectivity index (χ1n) is 8.43. The molecule has 0 aromatic carbocycles. The Morgan fingerprint density at radius 3 is 2.25 bits per heavy atom. The zero-order valence-electron chi connectivity index (χ0n) is 14.7. The molecule has 3 rings (SSSR count). The third-order valence-corrected chi connectivity index (χ3v) is 5.26. The summed E-state index contributed by atoms with van der Waals surface area (Å²) >= 11 is 0. The lowest BCUT2D eigenvalue weighted by atomic mass is 10.0. The van der Waals surface area contributed by atoms with Gasteiger partial charge in [-0.25, -0.2) is 10.1 Å². The van der Waals surface area contributed by atoms with Gasteiger partial charge < -0.3 is 40.1 Å². The van der Waals surface area contributed by atoms with Gasteiger partial charge in [-0.05, 0) is 6.92 Å². The number of ether oxygens (including phenoxy) is 2. The van der Waals surface area contributed by atoms with Crippen LogP contribution < -0.4 is 5.32 Å². The molecule has 0 radical (unpaired) electrons. The van der Waals surface area contributed by atoms with Crippen molar-refractivity contribution in [3.05, 3.63) is 11.8 Å². The molecular formula is C15H22FN2O10+. The molecule has 0 saturated carbocycles. The molecule has 28 heavy (non-hydrogen) atoms. The average molecular weight is 409 g/mol. The van der Waals surface area contributed by atoms with Crippen molar-refractivity contribution in [1.29, 1.82) is 0 Å². The van der Waals surface area contributed by atoms with E-state index in [4.69, 9.17) is 9.47 Å². The van der Waals surface area contributed by atoms with E-state index < -0.39 is 78.5 Å². The summed E-state index contributed by atoms with van der Waals surface area (Å²) < 4.78 is 24.1. The highest BCUT2D eigenvalue weighted by atomic mass is 19.2. The summed E-state index contributed by atoms with van der Waals surface area (Å²) in [6.45, 7) is -0.420. The second kappa shape index (κ2) is 7.05. The van der Waals surface area contributed by atoms with Gasteiger partial charge in [0.2, 0.25) is 6.23 Å². The summed E-state index contributed by atoms with van der Waals surface area (Å²) in [5.41, 5.74) is -0.140. The van der Waals surface area contributed by atoms with Crippen molar-refractivity contribution in [1.82, 2.24) is 5.32 Å². The second-order valence-electron chi connectivity index (χ2n) is 7.02. The van der Waals surface area contributed by atoms with Crippen LogP contribution in [0.2, 0.25) is 0 Å². The van der Waals surface area contributed by atoms with Crippen LogP contribution in [-0.2, 0) is 14.3 Å². The minimum Gasteiger partial charge on any atom is -0.394 e. The van der Waals surface area contributed by atoms with Crippen molar-refractivity contribution in [3.8, 4) is 0 Å². The Kier molecular flexibility index (Phi) is 5.33. The third-order valence-electron chi connectivity index (χ3n) is 5.26. The molecule has 7 N–H and O–H groups in total. The number of hydrogen-bond donors (Lipinski definition) is 7. The standard InChI is InChI=1S/C15H21FN2O10/c1-5-2-18(14(25)17-11(5)24,12-9(22)8(21)6(3-19)27-12)13-15(16,26)10(23)7(4-20)28-13/h2,6-10,12-13,19-23,26H,3-4H2,1H3/p+1/t6-,7-,8-,9+,10-,12?,13-,15-,18?/m1/s1. The van der Waals surface area contributed by atoms with E-state index in [-0.39, 0.29) is 5.57 Å². The van der Waals surface area contributed by atoms with Crippen LogP contribution in [0.3, 0.4) is 0 Å². The summed E-state index contributed by atoms with van der Waals surface area (Å²) in [7, 11) is 0. The number of quaternary nitrogens is 1. The van der Waals surface area contributed by atoms with E-state index in [1.54, 1.807) is 0 Å². The van der Waals surface area contributed by atoms with E-state index in [1.807, 2.05) is 5.32 Å². The number of rotatable bonds is 4. The lowest BCUT2D eigenvalue weighted by Gasteiger charge is -2.44. The monoisotopic (exact) mass is 409 g/mol. The van der Waals surface area contributed by atoms with Gasteiger partial charge in [0.05, 0.1) is 18.8 Å². The molecule has 0 aromatic rings. The molecule has 3 heterocycles. The highest BCUT2D eigenvalue weighted by molar-refractivity contribution is 6.03. The van der Waals surface area contributed by atoms with Gasteiger partial charge in [-0.3, -0.25) is 4.79 Å². The van der Waals surface area contributed by atoms with Gasteiger partial charge in [0.15, 0.2) is 12.2 Å². The molecule has 3 aliphatic heterocycles. The van der Waals surface area contributed by atoms with Crippen molar-refractivity contribution in [3.63, 3.8) is 0 Å². The molecule has 3 aliphatic rings. The number of amides is 3. The number of urea groups is 1. The molecule has 2 saturated heterocycles. The quantitative estimate of drug-likeness (QED) is 0.227. The minimum absolute atomic E-state index is 0.140. The number of hydrogen-bond acceptors (Lipinski definition) is 10. The van der Waals surface area contributed by atoms with Gasteiger partial charge in [-0.15, -0.1) is 0 Å². The summed E-state index contributed by atoms with van der Waals surface area (Å²) in [5.74, 6) is -4.46. The van der Waals surface area contributed by atoms with Gasteiger partial charge in [-0.2, -0.15) is 8.87 Å². The maximum absolute atomic E-state index is 15.1. The van der Waals surface area contributed by atoms with Crippen LogP contribution in [0.15, 0.2) is 11.8 Å². The van der Waals surface area contributed by atoms with E-state index in [0.717, 1.165) is 6.20 Å². The van der Waals surface area contributed by atoms with Crippen molar-refractivity contribution in [2.24, 2.45) is 0 Å². The summed E-state index contributed by atoms with van der Waals surface area (Å²) in [6, 6.07) is -1.28. The summed E-state index contributed by atoms with van der Waals surface area (Å²) in [6.07, 6.45) is -12.1. The fraction of sp³-hybridized carbons (Fsp3) is 0.733. The van der Waals surface area contributed by atoms with Crippen molar-refractivity contribution in [2.75, 3.05) is 13.2 Å². The molecule has 0 aromatic heterocycles. The Morgan fingerprint density at radius 1 is 1.14 bits per heavy atom. The van der Waals surface area contributed by atoms with E-state index in [1.165, 1.54) is 6.92 Å². The number of alkyl halides is 1. The molecule has 0 bridgehead atoms. The van der Waals surface area contributed by atoms with Crippen molar-refractivity contribution >= 4 is 11.9 Å². The Labute approximate surface area is 157 Å². The molecule has 12 nitrogen and oxygen atoms in total. The molecular weight excluding hydrogens is 387 g/mol. The highest BCUT2D eigenvalue weighted by Gasteiger charge is 2.73.